The first-order valence-electron chi connectivity index (χ1n) is 4.82. The number of carbonyl (C=O) groups is 1. The third-order valence-electron chi connectivity index (χ3n) is 1.90. The van der Waals surface area contributed by atoms with Gasteiger partial charge < -0.3 is 0 Å². The maximum atomic E-state index is 13.0. The van der Waals surface area contributed by atoms with E-state index in [4.69, 9.17) is 0 Å². The maximum Gasteiger partial charge on any atom is 0.422 e. The van der Waals surface area contributed by atoms with E-state index in [0.717, 1.165) is 6.92 Å². The smallest absolute Gasteiger partial charge is 0.288 e. The predicted molar refractivity (Wildman–Crippen MR) is 53.2 cm³/mol. The van der Waals surface area contributed by atoms with Gasteiger partial charge >= 0.3 is 6.18 Å². The molecular weight excluding hydrogens is 289 g/mol. The number of thioether (sulfide) groups is 1. The summed E-state index contributed by atoms with van der Waals surface area (Å²) < 4.78 is 86.2. The molecule has 2 atom stereocenters. The van der Waals surface area contributed by atoms with Crippen LogP contribution in [0.3, 0.4) is 0 Å². The summed E-state index contributed by atoms with van der Waals surface area (Å²) in [5.41, 5.74) is 0. The quantitative estimate of drug-likeness (QED) is 0.692. The van der Waals surface area contributed by atoms with Crippen LogP contribution >= 0.6 is 11.8 Å². The lowest BCUT2D eigenvalue weighted by molar-refractivity contribution is -0.202. The molecule has 0 aromatic carbocycles. The molecule has 0 amide bonds. The van der Waals surface area contributed by atoms with Gasteiger partial charge in [0.1, 0.15) is 6.17 Å². The summed E-state index contributed by atoms with van der Waals surface area (Å²) in [7, 11) is 0. The summed E-state index contributed by atoms with van der Waals surface area (Å²) in [6, 6.07) is 0. The first-order chi connectivity index (χ1) is 7.96. The van der Waals surface area contributed by atoms with E-state index < -0.39 is 42.4 Å². The Kier molecular flexibility index (Phi) is 6.45. The first-order valence-corrected chi connectivity index (χ1v) is 5.80. The molecule has 9 heteroatoms. The topological polar surface area (TPSA) is 17.1 Å². The lowest BCUT2D eigenvalue weighted by Crippen LogP contribution is -2.37. The van der Waals surface area contributed by atoms with E-state index in [0.29, 0.717) is 11.8 Å². The third-order valence-corrected chi connectivity index (χ3v) is 2.71. The summed E-state index contributed by atoms with van der Waals surface area (Å²) in [6.07, 6.45) is -15.6. The third kappa shape index (κ3) is 7.07. The van der Waals surface area contributed by atoms with Gasteiger partial charge in [-0.1, -0.05) is 11.8 Å². The fraction of sp³-hybridized carbons (Fsp3) is 0.889. The number of halogens is 7. The highest BCUT2D eigenvalue weighted by molar-refractivity contribution is 8.13. The summed E-state index contributed by atoms with van der Waals surface area (Å²) in [6.45, 7) is 1.13. The second-order valence-electron chi connectivity index (χ2n) is 3.61. The molecule has 108 valence electrons. The van der Waals surface area contributed by atoms with Gasteiger partial charge in [0.15, 0.2) is 5.12 Å². The number of rotatable bonds is 6. The van der Waals surface area contributed by atoms with Crippen LogP contribution < -0.4 is 0 Å². The minimum atomic E-state index is -5.50. The molecule has 0 aromatic heterocycles. The Bertz CT molecular complexity index is 279. The van der Waals surface area contributed by atoms with E-state index in [1.165, 1.54) is 0 Å². The molecule has 0 aliphatic carbocycles. The van der Waals surface area contributed by atoms with Gasteiger partial charge in [0, 0.05) is 25.5 Å². The van der Waals surface area contributed by atoms with Gasteiger partial charge in [-0.25, -0.2) is 17.6 Å². The molecule has 0 radical (unpaired) electrons. The molecule has 0 aliphatic heterocycles. The zero-order valence-corrected chi connectivity index (χ0v) is 10.1. The Morgan fingerprint density at radius 3 is 2.06 bits per heavy atom. The Hall–Kier alpha value is -0.470. The zero-order valence-electron chi connectivity index (χ0n) is 9.24. The molecule has 0 saturated heterocycles. The molecule has 0 spiro atoms. The van der Waals surface area contributed by atoms with Crippen molar-refractivity contribution in [1.29, 1.82) is 0 Å². The van der Waals surface area contributed by atoms with E-state index in [1.807, 2.05) is 0 Å². The van der Waals surface area contributed by atoms with Crippen molar-refractivity contribution in [3.05, 3.63) is 0 Å². The lowest BCUT2D eigenvalue weighted by Gasteiger charge is -2.21. The van der Waals surface area contributed by atoms with Crippen LogP contribution in [0.4, 0.5) is 30.7 Å². The van der Waals surface area contributed by atoms with E-state index in [-0.39, 0.29) is 5.75 Å². The van der Waals surface area contributed by atoms with Crippen molar-refractivity contribution in [1.82, 2.24) is 0 Å². The highest BCUT2D eigenvalue weighted by Crippen LogP contribution is 2.34. The van der Waals surface area contributed by atoms with Gasteiger partial charge in [-0.2, -0.15) is 13.2 Å². The van der Waals surface area contributed by atoms with Crippen LogP contribution in [0, 0.1) is 0 Å². The lowest BCUT2D eigenvalue weighted by atomic mass is 10.1. The van der Waals surface area contributed by atoms with Crippen molar-refractivity contribution in [3.63, 3.8) is 0 Å². The van der Waals surface area contributed by atoms with Gasteiger partial charge in [-0.3, -0.25) is 4.79 Å². The number of alkyl halides is 7. The van der Waals surface area contributed by atoms with Crippen LogP contribution in [0.25, 0.3) is 0 Å². The van der Waals surface area contributed by atoms with Crippen molar-refractivity contribution >= 4 is 16.9 Å². The maximum absolute atomic E-state index is 13.0. The Balaban J connectivity index is 4.26. The first kappa shape index (κ1) is 17.5. The average Bonchev–Trinajstić information content (AvgIpc) is 2.13. The van der Waals surface area contributed by atoms with Crippen molar-refractivity contribution in [2.45, 2.75) is 44.2 Å². The summed E-state index contributed by atoms with van der Waals surface area (Å²) >= 11 is 0.542. The summed E-state index contributed by atoms with van der Waals surface area (Å²) in [4.78, 5) is 10.4. The van der Waals surface area contributed by atoms with E-state index in [9.17, 15) is 35.5 Å². The standard InChI is InChI=1S/C9H11F7OS/c1-5(17)18-3-2-8(12,13)4-6(10)7(11)9(14,15)16/h6-7H,2-4H2,1H3. The summed E-state index contributed by atoms with van der Waals surface area (Å²) in [5, 5.41) is -0.443. The Morgan fingerprint density at radius 1 is 1.17 bits per heavy atom. The molecule has 1 nitrogen and oxygen atoms in total. The van der Waals surface area contributed by atoms with Gasteiger partial charge in [-0.05, 0) is 0 Å². The van der Waals surface area contributed by atoms with Gasteiger partial charge in [-0.15, -0.1) is 0 Å². The van der Waals surface area contributed by atoms with Gasteiger partial charge in [0.05, 0.1) is 0 Å². The van der Waals surface area contributed by atoms with Crippen molar-refractivity contribution in [3.8, 4) is 0 Å². The molecule has 2 unspecified atom stereocenters. The van der Waals surface area contributed by atoms with Gasteiger partial charge in [0.2, 0.25) is 6.17 Å². The highest BCUT2D eigenvalue weighted by Gasteiger charge is 2.49. The predicted octanol–water partition coefficient (Wildman–Crippen LogP) is 3.92. The zero-order chi connectivity index (χ0) is 14.6. The van der Waals surface area contributed by atoms with E-state index in [1.54, 1.807) is 0 Å². The van der Waals surface area contributed by atoms with Crippen LogP contribution in [0.15, 0.2) is 0 Å². The van der Waals surface area contributed by atoms with Crippen molar-refractivity contribution in [2.24, 2.45) is 0 Å². The minimum absolute atomic E-state index is 0.363. The van der Waals surface area contributed by atoms with E-state index >= 15 is 0 Å². The molecule has 0 fully saturated rings. The monoisotopic (exact) mass is 300 g/mol. The van der Waals surface area contributed by atoms with Crippen molar-refractivity contribution in [2.75, 3.05) is 5.75 Å². The second-order valence-corrected chi connectivity index (χ2v) is 4.88. The van der Waals surface area contributed by atoms with Crippen LogP contribution in [0.5, 0.6) is 0 Å². The summed E-state index contributed by atoms with van der Waals surface area (Å²) in [5.74, 6) is -4.14. The minimum Gasteiger partial charge on any atom is -0.288 e. The SMILES string of the molecule is CC(=O)SCCC(F)(F)CC(F)C(F)C(F)(F)F. The van der Waals surface area contributed by atoms with Crippen LogP contribution in [-0.4, -0.2) is 35.3 Å². The molecule has 0 aliphatic rings. The fourth-order valence-corrected chi connectivity index (χ4v) is 1.73. The molecule has 0 aromatic rings. The molecule has 0 heterocycles. The molecule has 0 bridgehead atoms. The van der Waals surface area contributed by atoms with Crippen LogP contribution in [-0.2, 0) is 4.79 Å². The van der Waals surface area contributed by atoms with E-state index in [2.05, 4.69) is 0 Å². The molecule has 0 N–H and O–H groups in total. The van der Waals surface area contributed by atoms with Crippen LogP contribution in [0.1, 0.15) is 19.8 Å². The largest absolute Gasteiger partial charge is 0.422 e. The number of hydrogen-bond acceptors (Lipinski definition) is 2. The molecular formula is C9H11F7OS. The molecule has 18 heavy (non-hydrogen) atoms. The van der Waals surface area contributed by atoms with Gasteiger partial charge in [0.25, 0.3) is 5.92 Å². The highest BCUT2D eigenvalue weighted by atomic mass is 32.2. The second kappa shape index (κ2) is 6.63. The normalized spacial score (nSPS) is 16.4. The van der Waals surface area contributed by atoms with Crippen LogP contribution in [0.2, 0.25) is 0 Å². The fourth-order valence-electron chi connectivity index (χ4n) is 1.04. The van der Waals surface area contributed by atoms with Crippen molar-refractivity contribution < 1.29 is 35.5 Å². The number of hydrogen-bond donors (Lipinski definition) is 0. The molecule has 0 saturated carbocycles. The average molecular weight is 300 g/mol. The number of carbonyl (C=O) groups excluding carboxylic acids is 1. The Morgan fingerprint density at radius 2 is 1.67 bits per heavy atom. The Labute approximate surface area is 103 Å². The molecule has 0 rings (SSSR count).